The molecule has 0 unspecified atom stereocenters. The summed E-state index contributed by atoms with van der Waals surface area (Å²) in [5.74, 6) is 0.877. The molecule has 0 spiro atoms. The molecule has 0 aliphatic carbocycles. The molecule has 1 aromatic carbocycles. The molecule has 3 aromatic rings. The van der Waals surface area contributed by atoms with Crippen molar-refractivity contribution in [3.8, 4) is 11.3 Å². The maximum Gasteiger partial charge on any atom is 0.134 e. The normalized spacial score (nSPS) is 11.0. The van der Waals surface area contributed by atoms with Crippen molar-refractivity contribution in [2.45, 2.75) is 6.92 Å². The number of aromatic nitrogens is 2. The first kappa shape index (κ1) is 8.61. The SMILES string of the molecule is Cc1cc2nsnc2cc1-c1ccco1. The highest BCUT2D eigenvalue weighted by Gasteiger charge is 2.08. The molecule has 0 saturated carbocycles. The summed E-state index contributed by atoms with van der Waals surface area (Å²) in [6.07, 6.45) is 1.68. The van der Waals surface area contributed by atoms with Crippen LogP contribution in [0.3, 0.4) is 0 Å². The molecule has 4 heteroatoms. The molecule has 0 aliphatic heterocycles. The fourth-order valence-electron chi connectivity index (χ4n) is 1.63. The highest BCUT2D eigenvalue weighted by atomic mass is 32.1. The molecule has 0 fully saturated rings. The first-order chi connectivity index (χ1) is 7.34. The van der Waals surface area contributed by atoms with Crippen molar-refractivity contribution in [3.63, 3.8) is 0 Å². The van der Waals surface area contributed by atoms with Crippen LogP contribution in [0.15, 0.2) is 34.9 Å². The van der Waals surface area contributed by atoms with Crippen LogP contribution in [0.4, 0.5) is 0 Å². The van der Waals surface area contributed by atoms with Gasteiger partial charge in [-0.15, -0.1) is 0 Å². The van der Waals surface area contributed by atoms with Gasteiger partial charge in [0.05, 0.1) is 18.0 Å². The van der Waals surface area contributed by atoms with Crippen LogP contribution in [0.5, 0.6) is 0 Å². The molecular weight excluding hydrogens is 208 g/mol. The predicted octanol–water partition coefficient (Wildman–Crippen LogP) is 3.26. The molecule has 0 N–H and O–H groups in total. The third-order valence-electron chi connectivity index (χ3n) is 2.39. The van der Waals surface area contributed by atoms with E-state index in [2.05, 4.69) is 15.7 Å². The molecule has 3 nitrogen and oxygen atoms in total. The Balaban J connectivity index is 2.30. The Bertz CT molecular complexity index is 598. The lowest BCUT2D eigenvalue weighted by atomic mass is 10.1. The highest BCUT2D eigenvalue weighted by Crippen LogP contribution is 2.27. The van der Waals surface area contributed by atoms with Gasteiger partial charge >= 0.3 is 0 Å². The number of rotatable bonds is 1. The molecule has 0 saturated heterocycles. The fraction of sp³-hybridized carbons (Fsp3) is 0.0909. The van der Waals surface area contributed by atoms with E-state index in [0.29, 0.717) is 0 Å². The second-order valence-electron chi connectivity index (χ2n) is 3.40. The second kappa shape index (κ2) is 3.17. The van der Waals surface area contributed by atoms with Crippen molar-refractivity contribution < 1.29 is 4.42 Å². The Morgan fingerprint density at radius 1 is 1.20 bits per heavy atom. The van der Waals surface area contributed by atoms with E-state index in [1.807, 2.05) is 24.3 Å². The third kappa shape index (κ3) is 1.34. The first-order valence-corrected chi connectivity index (χ1v) is 5.34. The predicted molar refractivity (Wildman–Crippen MR) is 59.9 cm³/mol. The van der Waals surface area contributed by atoms with Crippen LogP contribution in [-0.2, 0) is 0 Å². The Morgan fingerprint density at radius 3 is 2.73 bits per heavy atom. The van der Waals surface area contributed by atoms with Crippen molar-refractivity contribution in [2.24, 2.45) is 0 Å². The number of fused-ring (bicyclic) bond motifs is 1. The topological polar surface area (TPSA) is 38.9 Å². The number of aryl methyl sites for hydroxylation is 1. The monoisotopic (exact) mass is 216 g/mol. The van der Waals surface area contributed by atoms with Gasteiger partial charge in [-0.2, -0.15) is 8.75 Å². The zero-order valence-electron chi connectivity index (χ0n) is 8.10. The summed E-state index contributed by atoms with van der Waals surface area (Å²) in [6.45, 7) is 2.05. The molecule has 74 valence electrons. The molecule has 2 aromatic heterocycles. The van der Waals surface area contributed by atoms with Gasteiger partial charge in [0.2, 0.25) is 0 Å². The Labute approximate surface area is 90.7 Å². The average Bonchev–Trinajstić information content (AvgIpc) is 2.85. The smallest absolute Gasteiger partial charge is 0.134 e. The largest absolute Gasteiger partial charge is 0.464 e. The second-order valence-corrected chi connectivity index (χ2v) is 3.93. The number of furan rings is 1. The molecule has 3 rings (SSSR count). The lowest BCUT2D eigenvalue weighted by Gasteiger charge is -2.01. The van der Waals surface area contributed by atoms with E-state index >= 15 is 0 Å². The van der Waals surface area contributed by atoms with Gasteiger partial charge < -0.3 is 4.42 Å². The molecule has 15 heavy (non-hydrogen) atoms. The summed E-state index contributed by atoms with van der Waals surface area (Å²) in [5.41, 5.74) is 4.12. The molecule has 2 heterocycles. The zero-order chi connectivity index (χ0) is 10.3. The van der Waals surface area contributed by atoms with Gasteiger partial charge in [-0.3, -0.25) is 0 Å². The summed E-state index contributed by atoms with van der Waals surface area (Å²) in [6, 6.07) is 7.90. The summed E-state index contributed by atoms with van der Waals surface area (Å²) in [4.78, 5) is 0. The van der Waals surface area contributed by atoms with Crippen LogP contribution < -0.4 is 0 Å². The summed E-state index contributed by atoms with van der Waals surface area (Å²) in [7, 11) is 0. The van der Waals surface area contributed by atoms with Gasteiger partial charge in [0.15, 0.2) is 0 Å². The Hall–Kier alpha value is -1.68. The minimum atomic E-state index is 0.877. The number of hydrogen-bond acceptors (Lipinski definition) is 4. The minimum absolute atomic E-state index is 0.877. The van der Waals surface area contributed by atoms with E-state index in [-0.39, 0.29) is 0 Å². The number of hydrogen-bond donors (Lipinski definition) is 0. The molecule has 0 atom stereocenters. The summed E-state index contributed by atoms with van der Waals surface area (Å²) >= 11 is 1.24. The van der Waals surface area contributed by atoms with Crippen molar-refractivity contribution in [3.05, 3.63) is 36.1 Å². The van der Waals surface area contributed by atoms with Gasteiger partial charge in [-0.1, -0.05) is 0 Å². The Kier molecular flexibility index (Phi) is 1.82. The van der Waals surface area contributed by atoms with E-state index in [9.17, 15) is 0 Å². The highest BCUT2D eigenvalue weighted by molar-refractivity contribution is 7.00. The quantitative estimate of drug-likeness (QED) is 0.626. The summed E-state index contributed by atoms with van der Waals surface area (Å²) < 4.78 is 13.8. The van der Waals surface area contributed by atoms with E-state index in [1.54, 1.807) is 6.26 Å². The van der Waals surface area contributed by atoms with Crippen molar-refractivity contribution >= 4 is 22.8 Å². The number of nitrogens with zero attached hydrogens (tertiary/aromatic N) is 2. The molecule has 0 aliphatic rings. The van der Waals surface area contributed by atoms with Gasteiger partial charge in [-0.25, -0.2) is 0 Å². The van der Waals surface area contributed by atoms with Gasteiger partial charge in [-0.05, 0) is 36.8 Å². The van der Waals surface area contributed by atoms with E-state index in [0.717, 1.165) is 27.9 Å². The number of benzene rings is 1. The van der Waals surface area contributed by atoms with Crippen LogP contribution in [-0.4, -0.2) is 8.75 Å². The van der Waals surface area contributed by atoms with Gasteiger partial charge in [0, 0.05) is 5.56 Å². The van der Waals surface area contributed by atoms with Crippen LogP contribution >= 0.6 is 11.7 Å². The fourth-order valence-corrected chi connectivity index (χ4v) is 2.14. The minimum Gasteiger partial charge on any atom is -0.464 e. The van der Waals surface area contributed by atoms with E-state index in [1.165, 1.54) is 11.7 Å². The summed E-state index contributed by atoms with van der Waals surface area (Å²) in [5, 5.41) is 0. The zero-order valence-corrected chi connectivity index (χ0v) is 8.91. The van der Waals surface area contributed by atoms with E-state index < -0.39 is 0 Å². The molecule has 0 amide bonds. The van der Waals surface area contributed by atoms with Crippen LogP contribution in [0, 0.1) is 6.92 Å². The molecule has 0 radical (unpaired) electrons. The lowest BCUT2D eigenvalue weighted by molar-refractivity contribution is 0.582. The van der Waals surface area contributed by atoms with E-state index in [4.69, 9.17) is 4.42 Å². The van der Waals surface area contributed by atoms with Gasteiger partial charge in [0.25, 0.3) is 0 Å². The molecular formula is C11H8N2OS. The van der Waals surface area contributed by atoms with Crippen molar-refractivity contribution in [1.29, 1.82) is 0 Å². The first-order valence-electron chi connectivity index (χ1n) is 4.61. The van der Waals surface area contributed by atoms with Crippen LogP contribution in [0.1, 0.15) is 5.56 Å². The van der Waals surface area contributed by atoms with Gasteiger partial charge in [0.1, 0.15) is 16.8 Å². The van der Waals surface area contributed by atoms with Crippen LogP contribution in [0.25, 0.3) is 22.4 Å². The van der Waals surface area contributed by atoms with Crippen molar-refractivity contribution in [2.75, 3.05) is 0 Å². The standard InChI is InChI=1S/C11H8N2OS/c1-7-5-9-10(13-15-12-9)6-8(7)11-3-2-4-14-11/h2-6H,1H3. The maximum absolute atomic E-state index is 5.38. The maximum atomic E-state index is 5.38. The third-order valence-corrected chi connectivity index (χ3v) is 2.94. The van der Waals surface area contributed by atoms with Crippen LogP contribution in [0.2, 0.25) is 0 Å². The Morgan fingerprint density at radius 2 is 2.00 bits per heavy atom. The average molecular weight is 216 g/mol. The lowest BCUT2D eigenvalue weighted by Crippen LogP contribution is -1.82. The molecule has 0 bridgehead atoms. The van der Waals surface area contributed by atoms with Crippen molar-refractivity contribution in [1.82, 2.24) is 8.75 Å².